The Morgan fingerprint density at radius 2 is 2.45 bits per heavy atom. The minimum Gasteiger partial charge on any atom is -0.384 e. The van der Waals surface area contributed by atoms with Crippen LogP contribution in [0, 0.1) is 9.49 Å². The van der Waals surface area contributed by atoms with Gasteiger partial charge in [-0.2, -0.15) is 0 Å². The highest BCUT2D eigenvalue weighted by Crippen LogP contribution is 2.54. The molecule has 0 spiro atoms. The van der Waals surface area contributed by atoms with Crippen molar-refractivity contribution in [2.24, 2.45) is 5.92 Å². The van der Waals surface area contributed by atoms with E-state index in [-0.39, 0.29) is 0 Å². The molecule has 1 N–H and O–H groups in total. The van der Waals surface area contributed by atoms with Crippen molar-refractivity contribution in [3.05, 3.63) is 19.9 Å². The van der Waals surface area contributed by atoms with Crippen molar-refractivity contribution in [1.82, 2.24) is 0 Å². The second-order valence-electron chi connectivity index (χ2n) is 3.13. The van der Waals surface area contributed by atoms with Crippen molar-refractivity contribution >= 4 is 33.9 Å². The maximum absolute atomic E-state index is 9.94. The number of hydrogen-bond donors (Lipinski definition) is 1. The summed E-state index contributed by atoms with van der Waals surface area (Å²) in [5.74, 6) is 0.453. The number of hydrogen-bond acceptors (Lipinski definition) is 2. The van der Waals surface area contributed by atoms with Crippen LogP contribution in [-0.2, 0) is 5.60 Å². The molecule has 60 valence electrons. The van der Waals surface area contributed by atoms with Gasteiger partial charge in [-0.25, -0.2) is 0 Å². The standard InChI is InChI=1S/C8H9IOS/c1-5-4-8(5,10)7-6(9)2-3-11-7/h2-3,5,10H,4H2,1H3. The number of halogens is 1. The quantitative estimate of drug-likeness (QED) is 0.784. The zero-order valence-corrected chi connectivity index (χ0v) is 9.15. The predicted molar refractivity (Wildman–Crippen MR) is 54.7 cm³/mol. The van der Waals surface area contributed by atoms with Crippen LogP contribution in [0.1, 0.15) is 18.2 Å². The van der Waals surface area contributed by atoms with Crippen LogP contribution in [0.3, 0.4) is 0 Å². The molecule has 1 aromatic heterocycles. The molecule has 1 aliphatic rings. The normalized spacial score (nSPS) is 35.7. The molecule has 0 saturated heterocycles. The van der Waals surface area contributed by atoms with E-state index in [1.807, 2.05) is 5.38 Å². The third-order valence-corrected chi connectivity index (χ3v) is 4.63. The van der Waals surface area contributed by atoms with Gasteiger partial charge in [0.2, 0.25) is 0 Å². The lowest BCUT2D eigenvalue weighted by Crippen LogP contribution is -2.06. The first-order chi connectivity index (χ1) is 5.14. The van der Waals surface area contributed by atoms with Gasteiger partial charge in [0, 0.05) is 8.45 Å². The van der Waals surface area contributed by atoms with E-state index in [0.29, 0.717) is 5.92 Å². The molecule has 1 aliphatic carbocycles. The van der Waals surface area contributed by atoms with E-state index in [0.717, 1.165) is 11.3 Å². The first kappa shape index (κ1) is 8.01. The van der Waals surface area contributed by atoms with Gasteiger partial charge in [-0.15, -0.1) is 11.3 Å². The molecule has 1 nitrogen and oxygen atoms in total. The molecule has 1 fully saturated rings. The average molecular weight is 280 g/mol. The van der Waals surface area contributed by atoms with Crippen LogP contribution in [0.15, 0.2) is 11.4 Å². The fraction of sp³-hybridized carbons (Fsp3) is 0.500. The molecule has 2 atom stereocenters. The van der Waals surface area contributed by atoms with Gasteiger partial charge in [0.1, 0.15) is 5.60 Å². The molecule has 1 heterocycles. The minimum atomic E-state index is -0.468. The Balaban J connectivity index is 2.37. The fourth-order valence-corrected chi connectivity index (χ4v) is 3.61. The minimum absolute atomic E-state index is 0.453. The van der Waals surface area contributed by atoms with Crippen molar-refractivity contribution in [2.45, 2.75) is 18.9 Å². The molecule has 0 aromatic carbocycles. The van der Waals surface area contributed by atoms with Crippen LogP contribution in [0.4, 0.5) is 0 Å². The largest absolute Gasteiger partial charge is 0.384 e. The van der Waals surface area contributed by atoms with Crippen molar-refractivity contribution in [3.63, 3.8) is 0 Å². The lowest BCUT2D eigenvalue weighted by Gasteiger charge is -2.05. The van der Waals surface area contributed by atoms with E-state index >= 15 is 0 Å². The SMILES string of the molecule is CC1CC1(O)c1sccc1I. The summed E-state index contributed by atoms with van der Waals surface area (Å²) in [6.45, 7) is 2.09. The van der Waals surface area contributed by atoms with Gasteiger partial charge in [0.05, 0.1) is 0 Å². The van der Waals surface area contributed by atoms with Gasteiger partial charge >= 0.3 is 0 Å². The molecule has 1 aromatic rings. The van der Waals surface area contributed by atoms with Crippen LogP contribution >= 0.6 is 33.9 Å². The molecular weight excluding hydrogens is 271 g/mol. The maximum atomic E-state index is 9.94. The Kier molecular flexibility index (Phi) is 1.77. The zero-order chi connectivity index (χ0) is 8.06. The third kappa shape index (κ3) is 1.13. The van der Waals surface area contributed by atoms with E-state index < -0.39 is 5.60 Å². The zero-order valence-electron chi connectivity index (χ0n) is 6.17. The van der Waals surface area contributed by atoms with Gasteiger partial charge in [-0.3, -0.25) is 0 Å². The van der Waals surface area contributed by atoms with Crippen molar-refractivity contribution < 1.29 is 5.11 Å². The van der Waals surface area contributed by atoms with E-state index in [2.05, 4.69) is 35.6 Å². The lowest BCUT2D eigenvalue weighted by atomic mass is 10.2. The second-order valence-corrected chi connectivity index (χ2v) is 5.21. The summed E-state index contributed by atoms with van der Waals surface area (Å²) in [5, 5.41) is 12.0. The summed E-state index contributed by atoms with van der Waals surface area (Å²) < 4.78 is 1.21. The van der Waals surface area contributed by atoms with Gasteiger partial charge in [-0.1, -0.05) is 6.92 Å². The molecule has 1 saturated carbocycles. The van der Waals surface area contributed by atoms with Gasteiger partial charge in [0.15, 0.2) is 0 Å². The van der Waals surface area contributed by atoms with Crippen molar-refractivity contribution in [3.8, 4) is 0 Å². The van der Waals surface area contributed by atoms with Gasteiger partial charge in [-0.05, 0) is 46.4 Å². The molecule has 0 amide bonds. The van der Waals surface area contributed by atoms with Gasteiger partial charge < -0.3 is 5.11 Å². The van der Waals surface area contributed by atoms with Gasteiger partial charge in [0.25, 0.3) is 0 Å². The van der Waals surface area contributed by atoms with Crippen molar-refractivity contribution in [2.75, 3.05) is 0 Å². The Morgan fingerprint density at radius 1 is 1.82 bits per heavy atom. The van der Waals surface area contributed by atoms with Crippen molar-refractivity contribution in [1.29, 1.82) is 0 Å². The van der Waals surface area contributed by atoms with Crippen LogP contribution in [0.5, 0.6) is 0 Å². The molecule has 2 rings (SSSR count). The average Bonchev–Trinajstić information content (AvgIpc) is 2.43. The number of thiophene rings is 1. The van der Waals surface area contributed by atoms with E-state index in [9.17, 15) is 5.11 Å². The summed E-state index contributed by atoms with van der Waals surface area (Å²) in [6, 6.07) is 2.06. The third-order valence-electron chi connectivity index (χ3n) is 2.28. The summed E-state index contributed by atoms with van der Waals surface area (Å²) in [7, 11) is 0. The molecule has 0 radical (unpaired) electrons. The highest BCUT2D eigenvalue weighted by molar-refractivity contribution is 14.1. The topological polar surface area (TPSA) is 20.2 Å². The fourth-order valence-electron chi connectivity index (χ4n) is 1.33. The first-order valence-corrected chi connectivity index (χ1v) is 5.56. The summed E-state index contributed by atoms with van der Waals surface area (Å²) >= 11 is 3.95. The Labute approximate surface area is 83.6 Å². The maximum Gasteiger partial charge on any atom is 0.103 e. The van der Waals surface area contributed by atoms with Crippen LogP contribution in [0.2, 0.25) is 0 Å². The Morgan fingerprint density at radius 3 is 2.82 bits per heavy atom. The molecule has 0 bridgehead atoms. The first-order valence-electron chi connectivity index (χ1n) is 3.60. The van der Waals surface area contributed by atoms with E-state index in [1.54, 1.807) is 11.3 Å². The molecule has 2 unspecified atom stereocenters. The molecule has 11 heavy (non-hydrogen) atoms. The molecule has 3 heteroatoms. The highest BCUT2D eigenvalue weighted by atomic mass is 127. The Bertz CT molecular complexity index is 283. The smallest absolute Gasteiger partial charge is 0.103 e. The highest BCUT2D eigenvalue weighted by Gasteiger charge is 2.52. The molecular formula is C8H9IOS. The number of aliphatic hydroxyl groups is 1. The van der Waals surface area contributed by atoms with E-state index in [4.69, 9.17) is 0 Å². The summed E-state index contributed by atoms with van der Waals surface area (Å²) in [6.07, 6.45) is 0.934. The summed E-state index contributed by atoms with van der Waals surface area (Å²) in [5.41, 5.74) is -0.468. The van der Waals surface area contributed by atoms with Crippen LogP contribution in [0.25, 0.3) is 0 Å². The van der Waals surface area contributed by atoms with Crippen LogP contribution in [-0.4, -0.2) is 5.11 Å². The Hall–Kier alpha value is 0.390. The summed E-state index contributed by atoms with van der Waals surface area (Å²) in [4.78, 5) is 1.16. The second kappa shape index (κ2) is 2.44. The van der Waals surface area contributed by atoms with E-state index in [1.165, 1.54) is 3.57 Å². The number of rotatable bonds is 1. The van der Waals surface area contributed by atoms with Crippen LogP contribution < -0.4 is 0 Å². The lowest BCUT2D eigenvalue weighted by molar-refractivity contribution is 0.138. The molecule has 0 aliphatic heterocycles. The predicted octanol–water partition coefficient (Wildman–Crippen LogP) is 2.58. The monoisotopic (exact) mass is 280 g/mol.